The molecule has 1 aromatic carbocycles. The highest BCUT2D eigenvalue weighted by molar-refractivity contribution is 7.89. The van der Waals surface area contributed by atoms with Crippen LogP contribution in [0.25, 0.3) is 0 Å². The van der Waals surface area contributed by atoms with E-state index in [1.54, 1.807) is 0 Å². The van der Waals surface area contributed by atoms with Crippen LogP contribution < -0.4 is 9.46 Å². The van der Waals surface area contributed by atoms with Crippen molar-refractivity contribution in [3.05, 3.63) is 24.0 Å². The van der Waals surface area contributed by atoms with Crippen LogP contribution in [0, 0.1) is 5.82 Å². The summed E-state index contributed by atoms with van der Waals surface area (Å²) in [7, 11) is -2.56. The van der Waals surface area contributed by atoms with E-state index in [0.717, 1.165) is 12.1 Å². The number of sulfonamides is 1. The van der Waals surface area contributed by atoms with Crippen LogP contribution >= 0.6 is 0 Å². The normalized spacial score (nSPS) is 11.3. The smallest absolute Gasteiger partial charge is 0.303 e. The number of aliphatic carboxylic acids is 1. The van der Waals surface area contributed by atoms with E-state index >= 15 is 0 Å². The Labute approximate surface area is 123 Å². The highest BCUT2D eigenvalue weighted by atomic mass is 32.2. The predicted octanol–water partition coefficient (Wildman–Crippen LogP) is 1.76. The largest absolute Gasteiger partial charge is 0.495 e. The van der Waals surface area contributed by atoms with Gasteiger partial charge in [0.05, 0.1) is 7.11 Å². The van der Waals surface area contributed by atoms with Crippen molar-refractivity contribution < 1.29 is 27.4 Å². The highest BCUT2D eigenvalue weighted by Crippen LogP contribution is 2.24. The maximum absolute atomic E-state index is 13.2. The van der Waals surface area contributed by atoms with Gasteiger partial charge in [0.2, 0.25) is 10.0 Å². The number of carbonyl (C=O) groups is 1. The van der Waals surface area contributed by atoms with E-state index in [9.17, 15) is 17.6 Å². The summed E-state index contributed by atoms with van der Waals surface area (Å²) in [5.74, 6) is -1.48. The lowest BCUT2D eigenvalue weighted by Gasteiger charge is -2.10. The molecule has 8 heteroatoms. The molecule has 0 aliphatic rings. The molecule has 0 spiro atoms. The molecule has 0 amide bonds. The van der Waals surface area contributed by atoms with Gasteiger partial charge in [0.1, 0.15) is 16.5 Å². The second-order valence-electron chi connectivity index (χ2n) is 4.40. The van der Waals surface area contributed by atoms with Crippen molar-refractivity contribution >= 4 is 16.0 Å². The average molecular weight is 319 g/mol. The van der Waals surface area contributed by atoms with Gasteiger partial charge in [-0.1, -0.05) is 6.42 Å². The molecule has 0 aromatic heterocycles. The Bertz CT molecular complexity index is 588. The molecule has 1 rings (SSSR count). The van der Waals surface area contributed by atoms with E-state index in [1.165, 1.54) is 13.2 Å². The maximum Gasteiger partial charge on any atom is 0.303 e. The van der Waals surface area contributed by atoms with Gasteiger partial charge in [0.25, 0.3) is 0 Å². The summed E-state index contributed by atoms with van der Waals surface area (Å²) in [5.41, 5.74) is 0. The molecule has 0 aliphatic heterocycles. The molecule has 0 atom stereocenters. The van der Waals surface area contributed by atoms with Crippen molar-refractivity contribution in [2.24, 2.45) is 0 Å². The first-order valence-corrected chi connectivity index (χ1v) is 7.90. The van der Waals surface area contributed by atoms with Crippen LogP contribution in [-0.4, -0.2) is 33.1 Å². The van der Waals surface area contributed by atoms with Crippen LogP contribution in [-0.2, 0) is 14.8 Å². The van der Waals surface area contributed by atoms with Gasteiger partial charge >= 0.3 is 5.97 Å². The van der Waals surface area contributed by atoms with Gasteiger partial charge < -0.3 is 9.84 Å². The van der Waals surface area contributed by atoms with Gasteiger partial charge in [-0.3, -0.25) is 4.79 Å². The van der Waals surface area contributed by atoms with Crippen LogP contribution in [0.2, 0.25) is 0 Å². The molecule has 21 heavy (non-hydrogen) atoms. The van der Waals surface area contributed by atoms with E-state index in [1.807, 2.05) is 0 Å². The van der Waals surface area contributed by atoms with Crippen molar-refractivity contribution in [1.29, 1.82) is 0 Å². The minimum absolute atomic E-state index is 0.0600. The zero-order valence-corrected chi connectivity index (χ0v) is 12.5. The van der Waals surface area contributed by atoms with Crippen molar-refractivity contribution in [3.63, 3.8) is 0 Å². The van der Waals surface area contributed by atoms with Crippen molar-refractivity contribution in [1.82, 2.24) is 4.72 Å². The third-order valence-electron chi connectivity index (χ3n) is 2.77. The molecule has 0 unspecified atom stereocenters. The molecule has 0 saturated heterocycles. The van der Waals surface area contributed by atoms with Gasteiger partial charge in [-0.2, -0.15) is 0 Å². The number of unbranched alkanes of at least 4 members (excludes halogenated alkanes) is 2. The Hall–Kier alpha value is -1.67. The third-order valence-corrected chi connectivity index (χ3v) is 4.26. The van der Waals surface area contributed by atoms with Gasteiger partial charge in [-0.25, -0.2) is 17.5 Å². The Kier molecular flexibility index (Phi) is 6.57. The van der Waals surface area contributed by atoms with Gasteiger partial charge in [-0.15, -0.1) is 0 Å². The molecule has 0 heterocycles. The topological polar surface area (TPSA) is 92.7 Å². The molecular weight excluding hydrogens is 301 g/mol. The summed E-state index contributed by atoms with van der Waals surface area (Å²) in [6.45, 7) is 0.154. The Balaban J connectivity index is 2.58. The van der Waals surface area contributed by atoms with Crippen LogP contribution in [0.4, 0.5) is 4.39 Å². The first kappa shape index (κ1) is 17.4. The fraction of sp³-hybridized carbons (Fsp3) is 0.462. The number of methoxy groups -OCH3 is 1. The molecule has 6 nitrogen and oxygen atoms in total. The fourth-order valence-electron chi connectivity index (χ4n) is 1.72. The van der Waals surface area contributed by atoms with Crippen LogP contribution in [0.3, 0.4) is 0 Å². The molecule has 0 radical (unpaired) electrons. The summed E-state index contributed by atoms with van der Waals surface area (Å²) in [6.07, 6.45) is 1.64. The first-order valence-electron chi connectivity index (χ1n) is 6.42. The summed E-state index contributed by atoms with van der Waals surface area (Å²) in [6, 6.07) is 3.26. The lowest BCUT2D eigenvalue weighted by molar-refractivity contribution is -0.137. The molecule has 0 saturated carbocycles. The standard InChI is InChI=1S/C13H18FNO5S/c1-20-11-7-6-10(14)9-12(11)21(18,19)15-8-4-2-3-5-13(16)17/h6-7,9,15H,2-5,8H2,1H3,(H,16,17). The second kappa shape index (κ2) is 7.94. The van der Waals surface area contributed by atoms with Crippen molar-refractivity contribution in [2.45, 2.75) is 30.6 Å². The van der Waals surface area contributed by atoms with Crippen molar-refractivity contribution in [2.75, 3.05) is 13.7 Å². The van der Waals surface area contributed by atoms with E-state index in [-0.39, 0.29) is 23.6 Å². The summed E-state index contributed by atoms with van der Waals surface area (Å²) in [5, 5.41) is 8.47. The van der Waals surface area contributed by atoms with Gasteiger partial charge in [0.15, 0.2) is 0 Å². The van der Waals surface area contributed by atoms with Gasteiger partial charge in [-0.05, 0) is 31.0 Å². The number of nitrogens with one attached hydrogen (secondary N) is 1. The molecule has 0 fully saturated rings. The van der Waals surface area contributed by atoms with E-state index in [0.29, 0.717) is 19.3 Å². The SMILES string of the molecule is COc1ccc(F)cc1S(=O)(=O)NCCCCCC(=O)O. The Morgan fingerprint density at radius 3 is 2.67 bits per heavy atom. The summed E-state index contributed by atoms with van der Waals surface area (Å²) < 4.78 is 44.5. The number of rotatable bonds is 9. The Morgan fingerprint density at radius 2 is 2.05 bits per heavy atom. The minimum atomic E-state index is -3.86. The third kappa shape index (κ3) is 5.68. The van der Waals surface area contributed by atoms with Crippen molar-refractivity contribution in [3.8, 4) is 5.75 Å². The van der Waals surface area contributed by atoms with Crippen LogP contribution in [0.5, 0.6) is 5.75 Å². The maximum atomic E-state index is 13.2. The van der Waals surface area contributed by atoms with Gasteiger partial charge in [0, 0.05) is 13.0 Å². The number of hydrogen-bond acceptors (Lipinski definition) is 4. The number of ether oxygens (including phenoxy) is 1. The summed E-state index contributed by atoms with van der Waals surface area (Å²) in [4.78, 5) is 10.1. The average Bonchev–Trinajstić information content (AvgIpc) is 2.42. The minimum Gasteiger partial charge on any atom is -0.495 e. The quantitative estimate of drug-likeness (QED) is 0.677. The predicted molar refractivity (Wildman–Crippen MR) is 74.2 cm³/mol. The molecule has 118 valence electrons. The number of halogens is 1. The number of carboxylic acids is 1. The van der Waals surface area contributed by atoms with E-state index in [2.05, 4.69) is 4.72 Å². The molecule has 0 bridgehead atoms. The lowest BCUT2D eigenvalue weighted by atomic mass is 10.2. The zero-order valence-electron chi connectivity index (χ0n) is 11.6. The lowest BCUT2D eigenvalue weighted by Crippen LogP contribution is -2.25. The molecule has 2 N–H and O–H groups in total. The fourth-order valence-corrected chi connectivity index (χ4v) is 2.98. The Morgan fingerprint density at radius 1 is 1.33 bits per heavy atom. The van der Waals surface area contributed by atoms with Crippen LogP contribution in [0.15, 0.2) is 23.1 Å². The first-order chi connectivity index (χ1) is 9.86. The highest BCUT2D eigenvalue weighted by Gasteiger charge is 2.19. The second-order valence-corrected chi connectivity index (χ2v) is 6.13. The number of hydrogen-bond donors (Lipinski definition) is 2. The molecular formula is C13H18FNO5S. The van der Waals surface area contributed by atoms with E-state index in [4.69, 9.17) is 9.84 Å². The molecule has 1 aromatic rings. The monoisotopic (exact) mass is 319 g/mol. The van der Waals surface area contributed by atoms with E-state index < -0.39 is 21.8 Å². The molecule has 0 aliphatic carbocycles. The zero-order chi connectivity index (χ0) is 15.9. The summed E-state index contributed by atoms with van der Waals surface area (Å²) >= 11 is 0. The van der Waals surface area contributed by atoms with Crippen LogP contribution in [0.1, 0.15) is 25.7 Å². The number of benzene rings is 1. The number of carboxylic acid groups (broad SMARTS) is 1.